The molecule has 3 N–H and O–H groups in total. The van der Waals surface area contributed by atoms with Crippen molar-refractivity contribution >= 4 is 22.2 Å². The molecule has 1 aromatic heterocycles. The van der Waals surface area contributed by atoms with Crippen LogP contribution in [0.3, 0.4) is 0 Å². The Morgan fingerprint density at radius 3 is 2.81 bits per heavy atom. The summed E-state index contributed by atoms with van der Waals surface area (Å²) in [4.78, 5) is 11.3. The topological polar surface area (TPSA) is 83.4 Å². The van der Waals surface area contributed by atoms with Crippen molar-refractivity contribution in [1.29, 1.82) is 5.26 Å². The van der Waals surface area contributed by atoms with Gasteiger partial charge >= 0.3 is 0 Å². The van der Waals surface area contributed by atoms with Gasteiger partial charge in [-0.1, -0.05) is 20.8 Å². The Balaban J connectivity index is 0.000000774. The summed E-state index contributed by atoms with van der Waals surface area (Å²) < 4.78 is 0. The van der Waals surface area contributed by atoms with Gasteiger partial charge in [0.25, 0.3) is 0 Å². The number of thiophene rings is 1. The lowest BCUT2D eigenvalue weighted by Gasteiger charge is -2.36. The Hall–Kier alpha value is -1.58. The molecule has 0 saturated carbocycles. The minimum absolute atomic E-state index is 0.280. The smallest absolute Gasteiger partial charge is 0.186 e. The average molecular weight is 306 g/mol. The maximum Gasteiger partial charge on any atom is 0.186 e. The number of hydrogen-bond acceptors (Lipinski definition) is 6. The number of hydroxylamine groups is 1. The molecule has 0 bridgehead atoms. The minimum Gasteiger partial charge on any atom is -0.389 e. The van der Waals surface area contributed by atoms with Crippen molar-refractivity contribution in [3.8, 4) is 6.07 Å². The summed E-state index contributed by atoms with van der Waals surface area (Å²) in [6.07, 6.45) is 2.73. The van der Waals surface area contributed by atoms with Gasteiger partial charge in [0.1, 0.15) is 16.9 Å². The third kappa shape index (κ3) is 2.52. The number of nitrogens with zero attached hydrogens (tertiary/aromatic N) is 2. The molecule has 0 radical (unpaired) electrons. The van der Waals surface area contributed by atoms with Gasteiger partial charge in [0.2, 0.25) is 0 Å². The second kappa shape index (κ2) is 6.04. The number of aryl methyl sites for hydroxylation is 1. The van der Waals surface area contributed by atoms with Gasteiger partial charge in [-0.3, -0.25) is 5.48 Å². The first kappa shape index (κ1) is 15.8. The Morgan fingerprint density at radius 1 is 1.52 bits per heavy atom. The summed E-state index contributed by atoms with van der Waals surface area (Å²) in [6, 6.07) is 2.25. The van der Waals surface area contributed by atoms with E-state index in [9.17, 15) is 5.26 Å². The zero-order valence-corrected chi connectivity index (χ0v) is 13.8. The number of nitrogens with two attached hydrogens (primary N) is 1. The Bertz CT molecular complexity index is 602. The maximum atomic E-state index is 9.37. The maximum absolute atomic E-state index is 9.37. The van der Waals surface area contributed by atoms with Crippen LogP contribution in [0.1, 0.15) is 56.5 Å². The molecule has 1 aliphatic heterocycles. The van der Waals surface area contributed by atoms with Gasteiger partial charge < -0.3 is 5.73 Å². The number of amidine groups is 1. The lowest BCUT2D eigenvalue weighted by Crippen LogP contribution is -2.40. The van der Waals surface area contributed by atoms with Crippen LogP contribution in [0.4, 0.5) is 5.00 Å². The van der Waals surface area contributed by atoms with Crippen molar-refractivity contribution in [2.24, 2.45) is 4.99 Å². The Kier molecular flexibility index (Phi) is 4.55. The molecule has 3 rings (SSSR count). The van der Waals surface area contributed by atoms with Crippen LogP contribution in [0.15, 0.2) is 4.99 Å². The molecule has 6 heteroatoms. The van der Waals surface area contributed by atoms with Crippen molar-refractivity contribution in [1.82, 2.24) is 5.48 Å². The Morgan fingerprint density at radius 2 is 2.24 bits per heavy atom. The molecule has 2 atom stereocenters. The lowest BCUT2D eigenvalue weighted by atomic mass is 9.71. The number of rotatable bonds is 1. The molecule has 2 aliphatic rings. The monoisotopic (exact) mass is 306 g/mol. The molecule has 0 amide bonds. The van der Waals surface area contributed by atoms with E-state index in [1.807, 2.05) is 20.8 Å². The second-order valence-electron chi connectivity index (χ2n) is 5.31. The van der Waals surface area contributed by atoms with Crippen LogP contribution < -0.4 is 11.2 Å². The number of fused-ring (bicyclic) bond motifs is 1. The zero-order chi connectivity index (χ0) is 15.6. The average Bonchev–Trinajstić information content (AvgIpc) is 3.05. The highest BCUT2D eigenvalue weighted by Gasteiger charge is 2.45. The van der Waals surface area contributed by atoms with Crippen LogP contribution in [0.25, 0.3) is 0 Å². The molecule has 1 unspecified atom stereocenters. The first-order valence-corrected chi connectivity index (χ1v) is 8.15. The predicted molar refractivity (Wildman–Crippen MR) is 86.2 cm³/mol. The lowest BCUT2D eigenvalue weighted by molar-refractivity contribution is -0.0146. The molecular formula is C15H22N4OS. The standard InChI is InChI=1S/C13H16N4OS.C2H6/c1-7-16-12(18-17-7)13(2)5-3-4-9-10(13)8(6-14)11(15)19-9;1-2/h12H,3-5,15H2,1-2H3,(H,16,17);1-2H3/t12?,13-;/m0./s1. The van der Waals surface area contributed by atoms with Gasteiger partial charge in [-0.25, -0.2) is 9.83 Å². The highest BCUT2D eigenvalue weighted by atomic mass is 32.1. The molecule has 0 aromatic carbocycles. The number of aliphatic imine (C=N–C) groups is 1. The van der Waals surface area contributed by atoms with E-state index in [1.165, 1.54) is 16.2 Å². The summed E-state index contributed by atoms with van der Waals surface area (Å²) in [5.74, 6) is 0.778. The predicted octanol–water partition coefficient (Wildman–Crippen LogP) is 3.10. The number of nitriles is 1. The molecule has 2 heterocycles. The molecule has 1 aliphatic carbocycles. The third-order valence-corrected chi connectivity index (χ3v) is 5.04. The molecule has 0 spiro atoms. The van der Waals surface area contributed by atoms with E-state index < -0.39 is 0 Å². The van der Waals surface area contributed by atoms with Gasteiger partial charge in [-0.15, -0.1) is 11.3 Å². The van der Waals surface area contributed by atoms with E-state index in [0.717, 1.165) is 30.7 Å². The molecule has 5 nitrogen and oxygen atoms in total. The van der Waals surface area contributed by atoms with Gasteiger partial charge in [-0.05, 0) is 31.7 Å². The van der Waals surface area contributed by atoms with Crippen molar-refractivity contribution < 1.29 is 4.84 Å². The van der Waals surface area contributed by atoms with Gasteiger partial charge in [0.05, 0.1) is 5.56 Å². The van der Waals surface area contributed by atoms with Crippen molar-refractivity contribution in [2.75, 3.05) is 5.73 Å². The van der Waals surface area contributed by atoms with Gasteiger partial charge in [-0.2, -0.15) is 5.26 Å². The first-order valence-electron chi connectivity index (χ1n) is 7.34. The molecule has 0 saturated heterocycles. The summed E-state index contributed by atoms with van der Waals surface area (Å²) in [5, 5.41) is 9.99. The summed E-state index contributed by atoms with van der Waals surface area (Å²) in [5.41, 5.74) is 10.2. The van der Waals surface area contributed by atoms with E-state index in [1.54, 1.807) is 0 Å². The van der Waals surface area contributed by atoms with Crippen LogP contribution in [-0.4, -0.2) is 12.1 Å². The van der Waals surface area contributed by atoms with Crippen molar-refractivity contribution in [3.63, 3.8) is 0 Å². The number of hydrogen-bond donors (Lipinski definition) is 2. The fraction of sp³-hybridized carbons (Fsp3) is 0.600. The van der Waals surface area contributed by atoms with Gasteiger partial charge in [0.15, 0.2) is 6.23 Å². The van der Waals surface area contributed by atoms with Crippen LogP contribution >= 0.6 is 11.3 Å². The van der Waals surface area contributed by atoms with Gasteiger partial charge in [0, 0.05) is 10.3 Å². The summed E-state index contributed by atoms with van der Waals surface area (Å²) >= 11 is 1.53. The van der Waals surface area contributed by atoms with Crippen molar-refractivity contribution in [3.05, 3.63) is 16.0 Å². The SMILES string of the molecule is CC.CC1=NC([C@@]2(C)CCCc3sc(N)c(C#N)c32)ON1. The number of nitrogens with one attached hydrogen (secondary N) is 1. The van der Waals surface area contributed by atoms with E-state index in [4.69, 9.17) is 10.6 Å². The summed E-state index contributed by atoms with van der Waals surface area (Å²) in [7, 11) is 0. The van der Waals surface area contributed by atoms with E-state index >= 15 is 0 Å². The van der Waals surface area contributed by atoms with E-state index in [-0.39, 0.29) is 11.6 Å². The molecular weight excluding hydrogens is 284 g/mol. The minimum atomic E-state index is -0.285. The molecule has 21 heavy (non-hydrogen) atoms. The van der Waals surface area contributed by atoms with Crippen LogP contribution in [0.2, 0.25) is 0 Å². The summed E-state index contributed by atoms with van der Waals surface area (Å²) in [6.45, 7) is 7.99. The first-order chi connectivity index (χ1) is 10.1. The largest absolute Gasteiger partial charge is 0.389 e. The zero-order valence-electron chi connectivity index (χ0n) is 13.0. The van der Waals surface area contributed by atoms with Crippen molar-refractivity contribution in [2.45, 2.75) is 58.6 Å². The normalized spacial score (nSPS) is 26.8. The van der Waals surface area contributed by atoms with Crippen LogP contribution in [0.5, 0.6) is 0 Å². The third-order valence-electron chi connectivity index (χ3n) is 3.97. The Labute approximate surface area is 129 Å². The van der Waals surface area contributed by atoms with E-state index in [0.29, 0.717) is 10.6 Å². The highest BCUT2D eigenvalue weighted by Crippen LogP contribution is 2.48. The fourth-order valence-electron chi connectivity index (χ4n) is 3.02. The fourth-order valence-corrected chi connectivity index (χ4v) is 4.22. The number of anilines is 1. The second-order valence-corrected chi connectivity index (χ2v) is 6.45. The van der Waals surface area contributed by atoms with E-state index in [2.05, 4.69) is 23.5 Å². The number of nitrogen functional groups attached to an aromatic ring is 1. The molecule has 0 fully saturated rings. The quantitative estimate of drug-likeness (QED) is 0.835. The molecule has 114 valence electrons. The highest BCUT2D eigenvalue weighted by molar-refractivity contribution is 7.16. The van der Waals surface area contributed by atoms with Crippen LogP contribution in [-0.2, 0) is 16.7 Å². The van der Waals surface area contributed by atoms with Crippen LogP contribution in [0, 0.1) is 11.3 Å². The molecule has 1 aromatic rings.